The first kappa shape index (κ1) is 106. The number of hydrogen-bond acceptors (Lipinski definition) is 35. The quantitative estimate of drug-likeness (QED) is 0.0232. The van der Waals surface area contributed by atoms with Gasteiger partial charge in [-0.25, -0.2) is 0 Å². The molecule has 0 aromatic carbocycles. The molecule has 15 atom stereocenters. The lowest BCUT2D eigenvalue weighted by atomic mass is 9.96. The molecule has 0 radical (unpaired) electrons. The van der Waals surface area contributed by atoms with E-state index in [1.54, 1.807) is 0 Å². The summed E-state index contributed by atoms with van der Waals surface area (Å²) in [7, 11) is 0. The summed E-state index contributed by atoms with van der Waals surface area (Å²) >= 11 is 0. The van der Waals surface area contributed by atoms with Gasteiger partial charge in [0, 0.05) is 155 Å². The summed E-state index contributed by atoms with van der Waals surface area (Å²) in [5.41, 5.74) is -1.54. The molecular weight excluding hydrogens is 1610 g/mol. The van der Waals surface area contributed by atoms with Crippen LogP contribution in [0.1, 0.15) is 199 Å². The second-order valence-corrected chi connectivity index (χ2v) is 29.0. The van der Waals surface area contributed by atoms with Gasteiger partial charge in [0.2, 0.25) is 41.4 Å². The molecular formula is C78H125N7O36. The maximum absolute atomic E-state index is 13.7. The lowest BCUT2D eigenvalue weighted by Gasteiger charge is -2.44. The van der Waals surface area contributed by atoms with E-state index in [0.29, 0.717) is 77.0 Å². The number of hydrogen-bond donors (Lipinski definition) is 8. The van der Waals surface area contributed by atoms with E-state index in [9.17, 15) is 86.6 Å². The zero-order valence-electron chi connectivity index (χ0n) is 71.2. The lowest BCUT2D eigenvalue weighted by Crippen LogP contribution is -2.66. The summed E-state index contributed by atoms with van der Waals surface area (Å²) in [4.78, 5) is 210. The average molecular weight is 1740 g/mol. The molecule has 3 fully saturated rings. The fourth-order valence-corrected chi connectivity index (χ4v) is 12.9. The lowest BCUT2D eigenvalue weighted by molar-refractivity contribution is -0.277. The van der Waals surface area contributed by atoms with Crippen molar-refractivity contribution < 1.29 is 172 Å². The van der Waals surface area contributed by atoms with Gasteiger partial charge in [0.25, 0.3) is 0 Å². The molecule has 3 heterocycles. The Bertz CT molecular complexity index is 3020. The van der Waals surface area contributed by atoms with Crippen LogP contribution in [-0.2, 0) is 167 Å². The molecule has 3 aliphatic rings. The van der Waals surface area contributed by atoms with Crippen LogP contribution in [0.5, 0.6) is 0 Å². The van der Waals surface area contributed by atoms with Gasteiger partial charge in [-0.15, -0.1) is 0 Å². The molecule has 0 spiro atoms. The van der Waals surface area contributed by atoms with E-state index in [-0.39, 0.29) is 135 Å². The third-order valence-corrected chi connectivity index (χ3v) is 18.0. The number of carbonyl (C=O) groups excluding carboxylic acids is 16. The number of carboxylic acids is 1. The van der Waals surface area contributed by atoms with Crippen LogP contribution < -0.4 is 37.2 Å². The highest BCUT2D eigenvalue weighted by molar-refractivity contribution is 5.79. The Hall–Kier alpha value is -9.37. The number of unbranched alkanes of at least 4 members (excludes halogenated alkanes) is 9. The highest BCUT2D eigenvalue weighted by Crippen LogP contribution is 2.32. The number of carboxylic acid groups (broad SMARTS) is 1. The Morgan fingerprint density at radius 2 is 0.562 bits per heavy atom. The molecule has 7 amide bonds. The number of aliphatic carboxylic acids is 1. The van der Waals surface area contributed by atoms with Crippen LogP contribution in [0.15, 0.2) is 0 Å². The molecule has 3 aliphatic heterocycles. The Balaban J connectivity index is 1.66. The van der Waals surface area contributed by atoms with Gasteiger partial charge >= 0.3 is 59.7 Å². The van der Waals surface area contributed by atoms with E-state index in [0.717, 1.165) is 62.3 Å². The molecule has 0 bridgehead atoms. The van der Waals surface area contributed by atoms with Gasteiger partial charge in [-0.1, -0.05) is 38.5 Å². The summed E-state index contributed by atoms with van der Waals surface area (Å²) in [6, 6.07) is -3.42. The molecule has 3 rings (SSSR count). The van der Waals surface area contributed by atoms with Crippen molar-refractivity contribution in [3.63, 3.8) is 0 Å². The largest absolute Gasteiger partial charge is 0.481 e. The monoisotopic (exact) mass is 1740 g/mol. The number of amides is 7. The smallest absolute Gasteiger partial charge is 0.303 e. The molecule has 0 aliphatic carbocycles. The zero-order chi connectivity index (χ0) is 90.0. The highest BCUT2D eigenvalue weighted by atomic mass is 16.7. The fraction of sp³-hybridized carbons (Fsp3) is 0.782. The Labute approximate surface area is 702 Å². The van der Waals surface area contributed by atoms with E-state index in [1.165, 1.54) is 20.8 Å². The van der Waals surface area contributed by atoms with Gasteiger partial charge in [0.15, 0.2) is 55.5 Å². The molecule has 43 nitrogen and oxygen atoms in total. The second kappa shape index (κ2) is 58.6. The third-order valence-electron chi connectivity index (χ3n) is 18.0. The van der Waals surface area contributed by atoms with Gasteiger partial charge in [-0.2, -0.15) is 0 Å². The van der Waals surface area contributed by atoms with E-state index in [1.807, 2.05) is 0 Å². The third kappa shape index (κ3) is 45.4. The number of ether oxygens (including phenoxy) is 18. The standard InChI is InChI=1S/C78H125N7O36/c1-46(86)82-66-72(116-55(10)95)69(113-52(7)92)58(40-110-49(4)89)119-75(66)107-34-22-16-13-19-31-79-61(98)28-37-104-43-78(85-64(101)26-25-27-65(102)103,44-105-38-29-62(99)80-32-20-14-17-23-35-108-76-67(83-47(2)87)73(117-56(11)96)70(114-53(8)93)59(120-76)41-111-50(5)90)45-106-39-30-63(100)81-33-21-15-18-24-36-109-77-68(84-48(3)88)74(118-57(12)97)71(115-54(9)94)60(121-77)42-112-51(6)91/h58-60,66-77H,13-45H2,1-12H3,(H,79,98)(H,80,99)(H,81,100)(H,82,86)(H,83,87)(H,84,88)(H,85,101)(H,102,103)/t58-,59-,60+,66-,67-,68+,69+,70+,71-,72-,73-,74+,75?,76?,77?,78?/m0/s1. The van der Waals surface area contributed by atoms with Crippen molar-refractivity contribution in [2.45, 2.75) is 296 Å². The van der Waals surface area contributed by atoms with Crippen molar-refractivity contribution in [2.75, 3.05) is 98.9 Å². The van der Waals surface area contributed by atoms with Crippen molar-refractivity contribution in [3.05, 3.63) is 0 Å². The number of carbonyl (C=O) groups is 17. The summed E-state index contributed by atoms with van der Waals surface area (Å²) in [5, 5.41) is 28.7. The minimum Gasteiger partial charge on any atom is -0.481 e. The molecule has 3 saturated heterocycles. The minimum absolute atomic E-state index is 0.0430. The van der Waals surface area contributed by atoms with Crippen LogP contribution >= 0.6 is 0 Å². The fourth-order valence-electron chi connectivity index (χ4n) is 12.9. The molecule has 121 heavy (non-hydrogen) atoms. The van der Waals surface area contributed by atoms with Gasteiger partial charge in [0.05, 0.1) is 39.6 Å². The molecule has 0 saturated carbocycles. The molecule has 688 valence electrons. The van der Waals surface area contributed by atoms with Crippen LogP contribution in [-0.4, -0.2) is 303 Å². The summed E-state index contributed by atoms with van der Waals surface area (Å²) in [5.74, 6) is -11.0. The maximum Gasteiger partial charge on any atom is 0.303 e. The van der Waals surface area contributed by atoms with Gasteiger partial charge in [-0.05, 0) is 44.9 Å². The normalized spacial score (nSPS) is 22.8. The van der Waals surface area contributed by atoms with Crippen LogP contribution in [0, 0.1) is 0 Å². The van der Waals surface area contributed by atoms with Gasteiger partial charge in [-0.3, -0.25) is 81.5 Å². The topological polar surface area (TPSA) is 561 Å². The van der Waals surface area contributed by atoms with Crippen LogP contribution in [0.4, 0.5) is 0 Å². The van der Waals surface area contributed by atoms with Crippen LogP contribution in [0.2, 0.25) is 0 Å². The summed E-state index contributed by atoms with van der Waals surface area (Å²) < 4.78 is 103. The average Bonchev–Trinajstić information content (AvgIpc) is 0.798. The first-order chi connectivity index (χ1) is 57.4. The number of rotatable bonds is 59. The Morgan fingerprint density at radius 3 is 0.810 bits per heavy atom. The van der Waals surface area contributed by atoms with Crippen molar-refractivity contribution in [1.29, 1.82) is 0 Å². The Morgan fingerprint density at radius 1 is 0.298 bits per heavy atom. The SMILES string of the molecule is CC(=O)N[C@@H]1C(OCCCCCCNC(=O)CCOCC(COCCC(=O)NCCCCCCOC2O[C@@H](COC(C)=O)[C@@H](OC(C)=O)[C@@H](OC(C)=O)[C@@H]2NC(C)=O)(COCCC(=O)NCCCCCCOC2O[C@H](COC(C)=O)[C@H](OC(C)=O)[C@H](OC(C)=O)[C@H]2NC(C)=O)NC(=O)CCCC(=O)O)O[C@@H](COC(C)=O)[C@@H](OC(C)=O)[C@H]1OC(C)=O. The minimum atomic E-state index is -1.54. The number of nitrogens with one attached hydrogen (secondary N) is 7. The number of esters is 9. The van der Waals surface area contributed by atoms with Crippen LogP contribution in [0.3, 0.4) is 0 Å². The molecule has 0 aromatic rings. The zero-order valence-corrected chi connectivity index (χ0v) is 71.2. The van der Waals surface area contributed by atoms with Crippen molar-refractivity contribution in [3.8, 4) is 0 Å². The Kier molecular flexibility index (Phi) is 51.2. The molecule has 8 N–H and O–H groups in total. The molecule has 3 unspecified atom stereocenters. The highest BCUT2D eigenvalue weighted by Gasteiger charge is 2.54. The predicted octanol–water partition coefficient (Wildman–Crippen LogP) is 0.364. The first-order valence-electron chi connectivity index (χ1n) is 40.5. The van der Waals surface area contributed by atoms with Crippen molar-refractivity contribution in [1.82, 2.24) is 37.2 Å². The van der Waals surface area contributed by atoms with E-state index in [4.69, 9.17) is 85.3 Å². The van der Waals surface area contributed by atoms with Crippen LogP contribution in [0.25, 0.3) is 0 Å². The van der Waals surface area contributed by atoms with E-state index in [2.05, 4.69) is 37.2 Å². The van der Waals surface area contributed by atoms with Gasteiger partial charge < -0.3 is 128 Å². The van der Waals surface area contributed by atoms with Crippen molar-refractivity contribution >= 4 is 101 Å². The van der Waals surface area contributed by atoms with E-state index >= 15 is 0 Å². The second-order valence-electron chi connectivity index (χ2n) is 29.0. The predicted molar refractivity (Wildman–Crippen MR) is 413 cm³/mol. The first-order valence-corrected chi connectivity index (χ1v) is 40.5. The molecule has 43 heteroatoms. The maximum atomic E-state index is 13.7. The summed E-state index contributed by atoms with van der Waals surface area (Å²) in [6.07, 6.45) is -9.29. The van der Waals surface area contributed by atoms with Crippen molar-refractivity contribution in [2.24, 2.45) is 0 Å². The molecule has 0 aromatic heterocycles. The van der Waals surface area contributed by atoms with E-state index < -0.39 is 201 Å². The summed E-state index contributed by atoms with van der Waals surface area (Å²) in [6.45, 7) is 12.2. The van der Waals surface area contributed by atoms with Gasteiger partial charge in [0.1, 0.15) is 61.8 Å².